The molecule has 7 nitrogen and oxygen atoms in total. The zero-order chi connectivity index (χ0) is 23.2. The number of rotatable bonds is 7. The second-order valence-corrected chi connectivity index (χ2v) is 7.85. The summed E-state index contributed by atoms with van der Waals surface area (Å²) in [5, 5.41) is 0. The summed E-state index contributed by atoms with van der Waals surface area (Å²) in [6.45, 7) is 5.76. The fourth-order valence-corrected chi connectivity index (χ4v) is 4.02. The quantitative estimate of drug-likeness (QED) is 0.482. The Morgan fingerprint density at radius 2 is 1.76 bits per heavy atom. The molecule has 0 unspecified atom stereocenters. The number of nitrogens with zero attached hydrogens (tertiary/aromatic N) is 2. The van der Waals surface area contributed by atoms with Gasteiger partial charge in [0, 0.05) is 24.2 Å². The fraction of sp³-hybridized carbons (Fsp3) is 0.346. The van der Waals surface area contributed by atoms with Crippen molar-refractivity contribution in [2.24, 2.45) is 5.92 Å². The number of esters is 1. The van der Waals surface area contributed by atoms with Gasteiger partial charge >= 0.3 is 5.97 Å². The van der Waals surface area contributed by atoms with Crippen molar-refractivity contribution >= 4 is 11.9 Å². The molecule has 0 saturated carbocycles. The van der Waals surface area contributed by atoms with Crippen LogP contribution in [0.3, 0.4) is 0 Å². The van der Waals surface area contributed by atoms with E-state index < -0.39 is 0 Å². The molecule has 1 amide bonds. The lowest BCUT2D eigenvalue weighted by molar-refractivity contribution is -0.149. The highest BCUT2D eigenvalue weighted by atomic mass is 16.5. The first kappa shape index (κ1) is 22.6. The van der Waals surface area contributed by atoms with Crippen molar-refractivity contribution in [2.45, 2.75) is 26.7 Å². The van der Waals surface area contributed by atoms with Gasteiger partial charge in [0.25, 0.3) is 5.91 Å². The van der Waals surface area contributed by atoms with E-state index in [-0.39, 0.29) is 17.8 Å². The molecule has 1 aliphatic rings. The van der Waals surface area contributed by atoms with Crippen LogP contribution in [0.1, 0.15) is 37.0 Å². The molecule has 0 atom stereocenters. The second kappa shape index (κ2) is 10.3. The summed E-state index contributed by atoms with van der Waals surface area (Å²) in [7, 11) is 0. The van der Waals surface area contributed by atoms with Crippen molar-refractivity contribution in [3.63, 3.8) is 0 Å². The summed E-state index contributed by atoms with van der Waals surface area (Å²) in [6, 6.07) is 14.9. The van der Waals surface area contributed by atoms with E-state index in [1.165, 1.54) is 0 Å². The molecule has 1 fully saturated rings. The van der Waals surface area contributed by atoms with E-state index in [1.54, 1.807) is 24.1 Å². The van der Waals surface area contributed by atoms with Crippen LogP contribution in [0.5, 0.6) is 5.75 Å². The molecule has 0 radical (unpaired) electrons. The van der Waals surface area contributed by atoms with Crippen molar-refractivity contribution in [1.82, 2.24) is 9.88 Å². The van der Waals surface area contributed by atoms with Crippen molar-refractivity contribution in [1.29, 1.82) is 0 Å². The first-order valence-electron chi connectivity index (χ1n) is 11.3. The number of amides is 1. The van der Waals surface area contributed by atoms with Crippen LogP contribution in [-0.4, -0.2) is 48.1 Å². The number of benzene rings is 2. The summed E-state index contributed by atoms with van der Waals surface area (Å²) in [6.07, 6.45) is 2.87. The van der Waals surface area contributed by atoms with E-state index >= 15 is 0 Å². The van der Waals surface area contributed by atoms with Crippen LogP contribution in [0.2, 0.25) is 0 Å². The number of carbonyl (C=O) groups is 2. The highest BCUT2D eigenvalue weighted by Gasteiger charge is 2.30. The summed E-state index contributed by atoms with van der Waals surface area (Å²) in [5.41, 5.74) is 2.06. The van der Waals surface area contributed by atoms with Crippen molar-refractivity contribution in [2.75, 3.05) is 26.3 Å². The zero-order valence-corrected chi connectivity index (χ0v) is 19.0. The standard InChI is InChI=1S/C26H28N2O5/c1-3-31-20-11-9-18(10-12-20)23-17-27-24(33-23)21-7-5-6-8-22(21)25(29)28-15-13-19(14-16-28)26(30)32-4-2/h5-12,17,19H,3-4,13-16H2,1-2H3. The van der Waals surface area contributed by atoms with Gasteiger partial charge in [-0.1, -0.05) is 12.1 Å². The maximum Gasteiger partial charge on any atom is 0.309 e. The molecule has 3 aromatic rings. The largest absolute Gasteiger partial charge is 0.494 e. The molecule has 2 heterocycles. The van der Waals surface area contributed by atoms with E-state index in [9.17, 15) is 9.59 Å². The number of ether oxygens (including phenoxy) is 2. The number of likely N-dealkylation sites (tertiary alicyclic amines) is 1. The average molecular weight is 449 g/mol. The van der Waals surface area contributed by atoms with Gasteiger partial charge in [-0.3, -0.25) is 9.59 Å². The Morgan fingerprint density at radius 1 is 1.03 bits per heavy atom. The topological polar surface area (TPSA) is 81.9 Å². The first-order chi connectivity index (χ1) is 16.1. The number of hydrogen-bond acceptors (Lipinski definition) is 6. The minimum absolute atomic E-state index is 0.0891. The maximum atomic E-state index is 13.3. The van der Waals surface area contributed by atoms with Crippen LogP contribution in [0, 0.1) is 5.92 Å². The minimum Gasteiger partial charge on any atom is -0.494 e. The molecule has 2 aromatic carbocycles. The molecule has 4 rings (SSSR count). The summed E-state index contributed by atoms with van der Waals surface area (Å²) < 4.78 is 16.6. The van der Waals surface area contributed by atoms with E-state index in [4.69, 9.17) is 13.9 Å². The van der Waals surface area contributed by atoms with Crippen LogP contribution in [0.15, 0.2) is 59.1 Å². The lowest BCUT2D eigenvalue weighted by atomic mass is 9.96. The molecular weight excluding hydrogens is 420 g/mol. The van der Waals surface area contributed by atoms with Gasteiger partial charge in [0.2, 0.25) is 5.89 Å². The summed E-state index contributed by atoms with van der Waals surface area (Å²) in [5.74, 6) is 1.39. The fourth-order valence-electron chi connectivity index (χ4n) is 4.02. The molecule has 7 heteroatoms. The Morgan fingerprint density at radius 3 is 2.45 bits per heavy atom. The number of aromatic nitrogens is 1. The highest BCUT2D eigenvalue weighted by molar-refractivity contribution is 6.00. The number of hydrogen-bond donors (Lipinski definition) is 0. The molecule has 33 heavy (non-hydrogen) atoms. The summed E-state index contributed by atoms with van der Waals surface area (Å²) >= 11 is 0. The van der Waals surface area contributed by atoms with Crippen LogP contribution < -0.4 is 4.74 Å². The summed E-state index contributed by atoms with van der Waals surface area (Å²) in [4.78, 5) is 31.5. The highest BCUT2D eigenvalue weighted by Crippen LogP contribution is 2.30. The molecule has 0 spiro atoms. The smallest absolute Gasteiger partial charge is 0.309 e. The number of oxazole rings is 1. The van der Waals surface area contributed by atoms with E-state index in [1.807, 2.05) is 49.4 Å². The van der Waals surface area contributed by atoms with Crippen molar-refractivity contribution in [3.05, 3.63) is 60.3 Å². The minimum atomic E-state index is -0.174. The van der Waals surface area contributed by atoms with Gasteiger partial charge in [-0.25, -0.2) is 4.98 Å². The molecule has 1 aromatic heterocycles. The molecule has 0 N–H and O–H groups in total. The monoisotopic (exact) mass is 448 g/mol. The van der Waals surface area contributed by atoms with Crippen LogP contribution in [0.25, 0.3) is 22.8 Å². The average Bonchev–Trinajstić information content (AvgIpc) is 3.35. The third-order valence-electron chi connectivity index (χ3n) is 5.75. The van der Waals surface area contributed by atoms with Gasteiger partial charge in [0.1, 0.15) is 5.75 Å². The Hall–Kier alpha value is -3.61. The van der Waals surface area contributed by atoms with Gasteiger partial charge in [-0.2, -0.15) is 0 Å². The molecule has 0 aliphatic carbocycles. The number of carbonyl (C=O) groups excluding carboxylic acids is 2. The van der Waals surface area contributed by atoms with Gasteiger partial charge < -0.3 is 18.8 Å². The lowest BCUT2D eigenvalue weighted by Gasteiger charge is -2.31. The van der Waals surface area contributed by atoms with Gasteiger partial charge in [0.15, 0.2) is 5.76 Å². The van der Waals surface area contributed by atoms with Gasteiger partial charge in [-0.05, 0) is 63.1 Å². The Labute approximate surface area is 193 Å². The van der Waals surface area contributed by atoms with Crippen molar-refractivity contribution < 1.29 is 23.5 Å². The molecule has 1 aliphatic heterocycles. The van der Waals surface area contributed by atoms with E-state index in [0.717, 1.165) is 11.3 Å². The maximum absolute atomic E-state index is 13.3. The zero-order valence-electron chi connectivity index (χ0n) is 19.0. The SMILES string of the molecule is CCOC(=O)C1CCN(C(=O)c2ccccc2-c2ncc(-c3ccc(OCC)cc3)o2)CC1. The predicted molar refractivity (Wildman–Crippen MR) is 124 cm³/mol. The molecule has 172 valence electrons. The van der Waals surface area contributed by atoms with E-state index in [2.05, 4.69) is 4.98 Å². The molecule has 0 bridgehead atoms. The Kier molecular flexibility index (Phi) is 7.07. The Bertz CT molecular complexity index is 1100. The molecular formula is C26H28N2O5. The van der Waals surface area contributed by atoms with Crippen LogP contribution >= 0.6 is 0 Å². The lowest BCUT2D eigenvalue weighted by Crippen LogP contribution is -2.40. The first-order valence-corrected chi connectivity index (χ1v) is 11.3. The third kappa shape index (κ3) is 5.08. The third-order valence-corrected chi connectivity index (χ3v) is 5.75. The number of piperidine rings is 1. The normalized spacial score (nSPS) is 14.2. The van der Waals surface area contributed by atoms with Crippen molar-refractivity contribution in [3.8, 4) is 28.5 Å². The molecule has 1 saturated heterocycles. The van der Waals surface area contributed by atoms with Crippen LogP contribution in [-0.2, 0) is 9.53 Å². The predicted octanol–water partition coefficient (Wildman–Crippen LogP) is 4.82. The van der Waals surface area contributed by atoms with Crippen LogP contribution in [0.4, 0.5) is 0 Å². The van der Waals surface area contributed by atoms with Gasteiger partial charge in [0.05, 0.1) is 30.9 Å². The second-order valence-electron chi connectivity index (χ2n) is 7.85. The van der Waals surface area contributed by atoms with E-state index in [0.29, 0.717) is 61.9 Å². The Balaban J connectivity index is 1.50. The van der Waals surface area contributed by atoms with Gasteiger partial charge in [-0.15, -0.1) is 0 Å².